The second kappa shape index (κ2) is 5.76. The fourth-order valence-electron chi connectivity index (χ4n) is 1.48. The molecule has 0 unspecified atom stereocenters. The highest BCUT2D eigenvalue weighted by Gasteiger charge is 2.36. The molecule has 7 nitrogen and oxygen atoms in total. The molecule has 0 aliphatic heterocycles. The number of aliphatic carboxylic acids is 1. The molecule has 3 N–H and O–H groups in total. The van der Waals surface area contributed by atoms with Crippen molar-refractivity contribution in [2.24, 2.45) is 0 Å². The highest BCUT2D eigenvalue weighted by Crippen LogP contribution is 2.16. The Labute approximate surface area is 109 Å². The summed E-state index contributed by atoms with van der Waals surface area (Å²) in [5.74, 6) is -0.484. The zero-order valence-corrected chi connectivity index (χ0v) is 11.3. The van der Waals surface area contributed by atoms with Crippen LogP contribution in [0.3, 0.4) is 0 Å². The lowest BCUT2D eigenvalue weighted by Crippen LogP contribution is -2.54. The minimum atomic E-state index is -1.25. The number of amides is 2. The van der Waals surface area contributed by atoms with Crippen molar-refractivity contribution in [3.05, 3.63) is 5.82 Å². The van der Waals surface area contributed by atoms with Gasteiger partial charge in [0.15, 0.2) is 0 Å². The number of carboxylic acids is 1. The molecular formula is C10H16N4O3S. The van der Waals surface area contributed by atoms with Gasteiger partial charge >= 0.3 is 12.0 Å². The van der Waals surface area contributed by atoms with E-state index in [4.69, 9.17) is 0 Å². The van der Waals surface area contributed by atoms with Crippen LogP contribution in [0.2, 0.25) is 0 Å². The number of nitrogens with zero attached hydrogens (tertiary/aromatic N) is 2. The van der Waals surface area contributed by atoms with Crippen molar-refractivity contribution >= 4 is 28.7 Å². The van der Waals surface area contributed by atoms with Gasteiger partial charge in [0, 0.05) is 11.5 Å². The molecule has 0 aliphatic rings. The van der Waals surface area contributed by atoms with Crippen LogP contribution in [-0.2, 0) is 4.79 Å². The number of aryl methyl sites for hydroxylation is 1. The molecule has 100 valence electrons. The van der Waals surface area contributed by atoms with Crippen molar-refractivity contribution in [2.45, 2.75) is 39.2 Å². The van der Waals surface area contributed by atoms with Gasteiger partial charge in [0.2, 0.25) is 5.13 Å². The number of aromatic nitrogens is 2. The molecule has 1 rings (SSSR count). The summed E-state index contributed by atoms with van der Waals surface area (Å²) in [6, 6.07) is -0.586. The number of urea groups is 1. The first-order valence-corrected chi connectivity index (χ1v) is 6.33. The maximum absolute atomic E-state index is 11.7. The van der Waals surface area contributed by atoms with Crippen LogP contribution in [0.1, 0.15) is 32.5 Å². The maximum atomic E-state index is 11.7. The average Bonchev–Trinajstić information content (AvgIpc) is 2.71. The Balaban J connectivity index is 2.70. The molecule has 0 fully saturated rings. The van der Waals surface area contributed by atoms with Crippen LogP contribution >= 0.6 is 11.5 Å². The minimum absolute atomic E-state index is 0.307. The molecule has 1 aromatic heterocycles. The Morgan fingerprint density at radius 3 is 2.39 bits per heavy atom. The smallest absolute Gasteiger partial charge is 0.329 e. The molecular weight excluding hydrogens is 256 g/mol. The molecule has 8 heteroatoms. The predicted octanol–water partition coefficient (Wildman–Crippen LogP) is 1.61. The highest BCUT2D eigenvalue weighted by atomic mass is 32.1. The summed E-state index contributed by atoms with van der Waals surface area (Å²) >= 11 is 1.05. The summed E-state index contributed by atoms with van der Waals surface area (Å²) in [5, 5.41) is 14.5. The number of hydrogen-bond acceptors (Lipinski definition) is 5. The van der Waals surface area contributed by atoms with Gasteiger partial charge in [0.05, 0.1) is 0 Å². The standard InChI is InChI=1S/C10H16N4O3S/c1-4-10(5-2,7(15)16)13-8(17)12-9-11-6(3)14-18-9/h4-5H2,1-3H3,(H,15,16)(H2,11,12,13,14,17). The zero-order valence-electron chi connectivity index (χ0n) is 10.5. The summed E-state index contributed by atoms with van der Waals surface area (Å²) in [7, 11) is 0. The van der Waals surface area contributed by atoms with E-state index in [1.807, 2.05) is 0 Å². The molecule has 0 radical (unpaired) electrons. The summed E-state index contributed by atoms with van der Waals surface area (Å²) in [6.07, 6.45) is 0.614. The number of nitrogens with one attached hydrogen (secondary N) is 2. The van der Waals surface area contributed by atoms with Crippen molar-refractivity contribution in [3.63, 3.8) is 0 Å². The largest absolute Gasteiger partial charge is 0.480 e. The van der Waals surface area contributed by atoms with Gasteiger partial charge in [-0.15, -0.1) is 0 Å². The van der Waals surface area contributed by atoms with E-state index in [0.29, 0.717) is 23.8 Å². The van der Waals surface area contributed by atoms with Crippen LogP contribution < -0.4 is 10.6 Å². The van der Waals surface area contributed by atoms with E-state index >= 15 is 0 Å². The Morgan fingerprint density at radius 1 is 1.39 bits per heavy atom. The average molecular weight is 272 g/mol. The topological polar surface area (TPSA) is 104 Å². The SMILES string of the molecule is CCC(CC)(NC(=O)Nc1nc(C)ns1)C(=O)O. The summed E-state index contributed by atoms with van der Waals surface area (Å²) in [6.45, 7) is 5.14. The van der Waals surface area contributed by atoms with E-state index in [0.717, 1.165) is 11.5 Å². The first kappa shape index (κ1) is 14.4. The molecule has 0 spiro atoms. The lowest BCUT2D eigenvalue weighted by atomic mass is 9.93. The number of hydrogen-bond donors (Lipinski definition) is 3. The third-order valence-electron chi connectivity index (χ3n) is 2.72. The van der Waals surface area contributed by atoms with E-state index in [1.165, 1.54) is 0 Å². The number of carbonyl (C=O) groups is 2. The van der Waals surface area contributed by atoms with Gasteiger partial charge in [-0.25, -0.2) is 14.6 Å². The first-order chi connectivity index (χ1) is 8.43. The van der Waals surface area contributed by atoms with Crippen LogP contribution in [0.25, 0.3) is 0 Å². The lowest BCUT2D eigenvalue weighted by Gasteiger charge is -2.27. The van der Waals surface area contributed by atoms with Gasteiger partial charge in [0.1, 0.15) is 11.4 Å². The van der Waals surface area contributed by atoms with Crippen LogP contribution in [-0.4, -0.2) is 32.0 Å². The summed E-state index contributed by atoms with van der Waals surface area (Å²) in [5.41, 5.74) is -1.25. The van der Waals surface area contributed by atoms with E-state index < -0.39 is 17.5 Å². The third kappa shape index (κ3) is 3.16. The number of carboxylic acid groups (broad SMARTS) is 1. The van der Waals surface area contributed by atoms with Crippen molar-refractivity contribution in [2.75, 3.05) is 5.32 Å². The van der Waals surface area contributed by atoms with Gasteiger partial charge in [-0.3, -0.25) is 5.32 Å². The van der Waals surface area contributed by atoms with Gasteiger partial charge < -0.3 is 10.4 Å². The van der Waals surface area contributed by atoms with Crippen molar-refractivity contribution in [3.8, 4) is 0 Å². The molecule has 2 amide bonds. The molecule has 0 atom stereocenters. The van der Waals surface area contributed by atoms with E-state index in [1.54, 1.807) is 20.8 Å². The monoisotopic (exact) mass is 272 g/mol. The maximum Gasteiger partial charge on any atom is 0.329 e. The number of anilines is 1. The number of carbonyl (C=O) groups excluding carboxylic acids is 1. The van der Waals surface area contributed by atoms with Crippen LogP contribution in [0.4, 0.5) is 9.93 Å². The fourth-order valence-corrected chi connectivity index (χ4v) is 2.05. The van der Waals surface area contributed by atoms with Crippen molar-refractivity contribution in [1.29, 1.82) is 0 Å². The van der Waals surface area contributed by atoms with Gasteiger partial charge in [-0.2, -0.15) is 4.37 Å². The molecule has 0 aromatic carbocycles. The van der Waals surface area contributed by atoms with Gasteiger partial charge in [-0.1, -0.05) is 13.8 Å². The molecule has 1 heterocycles. The molecule has 0 saturated carbocycles. The van der Waals surface area contributed by atoms with Crippen LogP contribution in [0.5, 0.6) is 0 Å². The molecule has 18 heavy (non-hydrogen) atoms. The van der Waals surface area contributed by atoms with E-state index in [9.17, 15) is 14.7 Å². The van der Waals surface area contributed by atoms with Crippen molar-refractivity contribution in [1.82, 2.24) is 14.7 Å². The van der Waals surface area contributed by atoms with Gasteiger partial charge in [-0.05, 0) is 19.8 Å². The Bertz CT molecular complexity index is 442. The quantitative estimate of drug-likeness (QED) is 0.755. The highest BCUT2D eigenvalue weighted by molar-refractivity contribution is 7.09. The van der Waals surface area contributed by atoms with Crippen LogP contribution in [0, 0.1) is 6.92 Å². The normalized spacial score (nSPS) is 11.1. The second-order valence-electron chi connectivity index (χ2n) is 3.82. The lowest BCUT2D eigenvalue weighted by molar-refractivity contribution is -0.144. The summed E-state index contributed by atoms with van der Waals surface area (Å²) in [4.78, 5) is 26.9. The summed E-state index contributed by atoms with van der Waals surface area (Å²) < 4.78 is 3.91. The Kier molecular flexibility index (Phi) is 4.60. The second-order valence-corrected chi connectivity index (χ2v) is 4.57. The van der Waals surface area contributed by atoms with Crippen LogP contribution in [0.15, 0.2) is 0 Å². The van der Waals surface area contributed by atoms with Crippen molar-refractivity contribution < 1.29 is 14.7 Å². The third-order valence-corrected chi connectivity index (χ3v) is 3.44. The molecule has 0 bridgehead atoms. The Morgan fingerprint density at radius 2 is 2.00 bits per heavy atom. The van der Waals surface area contributed by atoms with Gasteiger partial charge in [0.25, 0.3) is 0 Å². The first-order valence-electron chi connectivity index (χ1n) is 5.56. The van der Waals surface area contributed by atoms with E-state index in [2.05, 4.69) is 20.0 Å². The Hall–Kier alpha value is -1.70. The van der Waals surface area contributed by atoms with E-state index in [-0.39, 0.29) is 0 Å². The fraction of sp³-hybridized carbons (Fsp3) is 0.600. The number of rotatable bonds is 5. The predicted molar refractivity (Wildman–Crippen MR) is 67.7 cm³/mol. The zero-order chi connectivity index (χ0) is 13.8. The molecule has 0 aliphatic carbocycles. The molecule has 1 aromatic rings. The minimum Gasteiger partial charge on any atom is -0.480 e. The molecule has 0 saturated heterocycles.